The maximum atomic E-state index is 12.6. The highest BCUT2D eigenvalue weighted by molar-refractivity contribution is 5.95. The van der Waals surface area contributed by atoms with Crippen LogP contribution >= 0.6 is 0 Å². The minimum Gasteiger partial charge on any atom is -0.490 e. The van der Waals surface area contributed by atoms with Gasteiger partial charge >= 0.3 is 12.0 Å². The molecule has 2 N–H and O–H groups in total. The highest BCUT2D eigenvalue weighted by Gasteiger charge is 2.32. The number of nitrogens with one attached hydrogen (secondary N) is 2. The standard InChI is InChI=1S/C22H30N2O4/c1-14(2)13-27-21(25)19-15(3)23-22(26)24-20(19)16-9-11-18(12-10-16)28-17-7-5-4-6-8-17/h9-12,14,17,20H,4-8,13H2,1-3H3,(H2,23,24,26). The number of rotatable bonds is 6. The number of esters is 1. The van der Waals surface area contributed by atoms with E-state index in [0.717, 1.165) is 24.2 Å². The van der Waals surface area contributed by atoms with Gasteiger partial charge in [-0.25, -0.2) is 9.59 Å². The summed E-state index contributed by atoms with van der Waals surface area (Å²) in [5.41, 5.74) is 1.77. The van der Waals surface area contributed by atoms with Gasteiger partial charge in [-0.05, 0) is 56.2 Å². The molecular weight excluding hydrogens is 356 g/mol. The molecule has 28 heavy (non-hydrogen) atoms. The number of amides is 2. The second-order valence-electron chi connectivity index (χ2n) is 8.01. The van der Waals surface area contributed by atoms with Crippen LogP contribution < -0.4 is 15.4 Å². The Kier molecular flexibility index (Phi) is 6.60. The normalized spacial score (nSPS) is 20.6. The maximum Gasteiger partial charge on any atom is 0.338 e. The van der Waals surface area contributed by atoms with Crippen LogP contribution in [0.15, 0.2) is 35.5 Å². The number of benzene rings is 1. The van der Waals surface area contributed by atoms with Gasteiger partial charge in [0, 0.05) is 5.70 Å². The summed E-state index contributed by atoms with van der Waals surface area (Å²) in [6, 6.07) is 6.74. The second kappa shape index (κ2) is 9.13. The smallest absolute Gasteiger partial charge is 0.338 e. The Morgan fingerprint density at radius 3 is 2.46 bits per heavy atom. The van der Waals surface area contributed by atoms with E-state index in [-0.39, 0.29) is 18.1 Å². The lowest BCUT2D eigenvalue weighted by molar-refractivity contribution is -0.140. The molecule has 0 radical (unpaired) electrons. The van der Waals surface area contributed by atoms with Crippen LogP contribution in [0.1, 0.15) is 64.5 Å². The van der Waals surface area contributed by atoms with Crippen LogP contribution in [0.25, 0.3) is 0 Å². The van der Waals surface area contributed by atoms with E-state index in [4.69, 9.17) is 9.47 Å². The van der Waals surface area contributed by atoms with E-state index < -0.39 is 12.0 Å². The van der Waals surface area contributed by atoms with Gasteiger partial charge in [-0.1, -0.05) is 32.4 Å². The van der Waals surface area contributed by atoms with Crippen molar-refractivity contribution in [2.75, 3.05) is 6.61 Å². The van der Waals surface area contributed by atoms with Crippen molar-refractivity contribution < 1.29 is 19.1 Å². The van der Waals surface area contributed by atoms with E-state index in [1.54, 1.807) is 6.92 Å². The molecule has 1 aromatic rings. The Labute approximate surface area is 166 Å². The van der Waals surface area contributed by atoms with Crippen molar-refractivity contribution in [1.82, 2.24) is 10.6 Å². The Morgan fingerprint density at radius 2 is 1.82 bits per heavy atom. The van der Waals surface area contributed by atoms with Crippen LogP contribution in [0.4, 0.5) is 4.79 Å². The summed E-state index contributed by atoms with van der Waals surface area (Å²) < 4.78 is 11.5. The van der Waals surface area contributed by atoms with Gasteiger partial charge in [0.05, 0.1) is 24.3 Å². The molecule has 152 valence electrons. The third kappa shape index (κ3) is 5.06. The quantitative estimate of drug-likeness (QED) is 0.718. The molecule has 1 fully saturated rings. The lowest BCUT2D eigenvalue weighted by Crippen LogP contribution is -2.45. The zero-order valence-corrected chi connectivity index (χ0v) is 16.9. The third-order valence-corrected chi connectivity index (χ3v) is 5.11. The Hall–Kier alpha value is -2.50. The summed E-state index contributed by atoms with van der Waals surface area (Å²) >= 11 is 0. The van der Waals surface area contributed by atoms with Gasteiger partial charge in [0.2, 0.25) is 0 Å². The highest BCUT2D eigenvalue weighted by atomic mass is 16.5. The van der Waals surface area contributed by atoms with Crippen molar-refractivity contribution in [3.8, 4) is 5.75 Å². The second-order valence-corrected chi connectivity index (χ2v) is 8.01. The highest BCUT2D eigenvalue weighted by Crippen LogP contribution is 2.30. The number of ether oxygens (including phenoxy) is 2. The predicted octanol–water partition coefficient (Wildman–Crippen LogP) is 4.23. The number of hydrogen-bond acceptors (Lipinski definition) is 4. The van der Waals surface area contributed by atoms with Gasteiger partial charge in [0.25, 0.3) is 0 Å². The first-order chi connectivity index (χ1) is 13.4. The minimum atomic E-state index is -0.544. The fraction of sp³-hybridized carbons (Fsp3) is 0.545. The van der Waals surface area contributed by atoms with Gasteiger partial charge in [0.1, 0.15) is 5.75 Å². The topological polar surface area (TPSA) is 76.7 Å². The lowest BCUT2D eigenvalue weighted by atomic mass is 9.95. The average Bonchev–Trinajstić information content (AvgIpc) is 2.67. The van der Waals surface area contributed by atoms with Gasteiger partial charge in [-0.2, -0.15) is 0 Å². The van der Waals surface area contributed by atoms with Crippen molar-refractivity contribution in [1.29, 1.82) is 0 Å². The Balaban J connectivity index is 1.76. The Morgan fingerprint density at radius 1 is 1.14 bits per heavy atom. The fourth-order valence-corrected chi connectivity index (χ4v) is 3.65. The molecule has 0 saturated heterocycles. The van der Waals surface area contributed by atoms with Gasteiger partial charge in [-0.3, -0.25) is 0 Å². The molecular formula is C22H30N2O4. The van der Waals surface area contributed by atoms with Crippen molar-refractivity contribution in [2.24, 2.45) is 5.92 Å². The number of urea groups is 1. The molecule has 6 nitrogen and oxygen atoms in total. The molecule has 1 aromatic carbocycles. The molecule has 0 bridgehead atoms. The first-order valence-electron chi connectivity index (χ1n) is 10.2. The summed E-state index contributed by atoms with van der Waals surface area (Å²) in [5.74, 6) is 0.650. The molecule has 1 atom stereocenters. The van der Waals surface area contributed by atoms with Crippen LogP contribution in [0, 0.1) is 5.92 Å². The van der Waals surface area contributed by atoms with Crippen molar-refractivity contribution in [2.45, 2.75) is 65.0 Å². The van der Waals surface area contributed by atoms with Gasteiger partial charge in [0.15, 0.2) is 0 Å². The Bertz CT molecular complexity index is 733. The predicted molar refractivity (Wildman–Crippen MR) is 107 cm³/mol. The molecule has 3 rings (SSSR count). The summed E-state index contributed by atoms with van der Waals surface area (Å²) in [6.07, 6.45) is 6.20. The molecule has 2 aliphatic rings. The van der Waals surface area contributed by atoms with E-state index in [9.17, 15) is 9.59 Å². The fourth-order valence-electron chi connectivity index (χ4n) is 3.65. The van der Waals surface area contributed by atoms with Crippen LogP contribution in [0.2, 0.25) is 0 Å². The first-order valence-corrected chi connectivity index (χ1v) is 10.2. The molecule has 1 heterocycles. The molecule has 0 aromatic heterocycles. The van der Waals surface area contributed by atoms with Crippen molar-refractivity contribution in [3.05, 3.63) is 41.1 Å². The largest absolute Gasteiger partial charge is 0.490 e. The lowest BCUT2D eigenvalue weighted by Gasteiger charge is -2.28. The zero-order valence-electron chi connectivity index (χ0n) is 16.9. The van der Waals surface area contributed by atoms with Gasteiger partial charge in [-0.15, -0.1) is 0 Å². The molecule has 1 aliphatic carbocycles. The van der Waals surface area contributed by atoms with Crippen LogP contribution in [-0.4, -0.2) is 24.7 Å². The SMILES string of the molecule is CC1=C(C(=O)OCC(C)C)C(c2ccc(OC3CCCCC3)cc2)NC(=O)N1. The maximum absolute atomic E-state index is 12.6. The molecule has 2 amide bonds. The van der Waals surface area contributed by atoms with E-state index in [0.29, 0.717) is 17.9 Å². The summed E-state index contributed by atoms with van der Waals surface area (Å²) in [7, 11) is 0. The average molecular weight is 386 g/mol. The van der Waals surface area contributed by atoms with Crippen LogP contribution in [0.5, 0.6) is 5.75 Å². The van der Waals surface area contributed by atoms with E-state index >= 15 is 0 Å². The van der Waals surface area contributed by atoms with Crippen molar-refractivity contribution >= 4 is 12.0 Å². The number of allylic oxidation sites excluding steroid dienone is 1. The van der Waals surface area contributed by atoms with Crippen molar-refractivity contribution in [3.63, 3.8) is 0 Å². The number of carbonyl (C=O) groups is 2. The molecule has 1 saturated carbocycles. The van der Waals surface area contributed by atoms with Crippen LogP contribution in [-0.2, 0) is 9.53 Å². The molecule has 1 unspecified atom stereocenters. The van der Waals surface area contributed by atoms with E-state index in [2.05, 4.69) is 10.6 Å². The summed E-state index contributed by atoms with van der Waals surface area (Å²) in [4.78, 5) is 24.6. The third-order valence-electron chi connectivity index (χ3n) is 5.11. The zero-order chi connectivity index (χ0) is 20.1. The number of carbonyl (C=O) groups excluding carboxylic acids is 2. The summed E-state index contributed by atoms with van der Waals surface area (Å²) in [6.45, 7) is 6.03. The molecule has 1 aliphatic heterocycles. The van der Waals surface area contributed by atoms with Crippen LogP contribution in [0.3, 0.4) is 0 Å². The monoisotopic (exact) mass is 386 g/mol. The molecule has 6 heteroatoms. The first kappa shape index (κ1) is 20.2. The minimum absolute atomic E-state index is 0.241. The summed E-state index contributed by atoms with van der Waals surface area (Å²) in [5, 5.41) is 5.50. The van der Waals surface area contributed by atoms with E-state index in [1.807, 2.05) is 38.1 Å². The number of hydrogen-bond donors (Lipinski definition) is 2. The van der Waals surface area contributed by atoms with Gasteiger partial charge < -0.3 is 20.1 Å². The van der Waals surface area contributed by atoms with E-state index in [1.165, 1.54) is 19.3 Å². The molecule has 0 spiro atoms.